The molecule has 3 nitrogen and oxygen atoms in total. The standard InChI is InChI=1S/C54H34N2O/c1-2-15-41(16-3-1)56-50-34-43(29-32-46(50)47-30-25-37-12-6-8-17-44(37)53(47)56)55(42-27-23-36(24-28-42)40-22-21-35-11-4-5-14-39(35)33-40)49-19-10-20-51-52(49)48-31-26-38-13-7-9-18-45(38)54(48)57-51/h1-34H. The average Bonchev–Trinajstić information content (AvgIpc) is 3.84. The van der Waals surface area contributed by atoms with Gasteiger partial charge in [0.2, 0.25) is 0 Å². The lowest BCUT2D eigenvalue weighted by Crippen LogP contribution is -2.10. The van der Waals surface area contributed by atoms with Crippen molar-refractivity contribution >= 4 is 93.1 Å². The number of para-hydroxylation sites is 1. The molecule has 0 spiro atoms. The first-order chi connectivity index (χ1) is 28.3. The molecule has 0 saturated carbocycles. The van der Waals surface area contributed by atoms with Gasteiger partial charge < -0.3 is 13.9 Å². The van der Waals surface area contributed by atoms with Crippen molar-refractivity contribution in [3.63, 3.8) is 0 Å². The summed E-state index contributed by atoms with van der Waals surface area (Å²) in [5.74, 6) is 0. The summed E-state index contributed by atoms with van der Waals surface area (Å²) in [5.41, 5.74) is 10.8. The second-order valence-corrected chi connectivity index (χ2v) is 14.9. The summed E-state index contributed by atoms with van der Waals surface area (Å²) in [6.45, 7) is 0. The fourth-order valence-corrected chi connectivity index (χ4v) is 9.07. The van der Waals surface area contributed by atoms with Crippen LogP contribution in [0.15, 0.2) is 211 Å². The van der Waals surface area contributed by atoms with Crippen LogP contribution in [0.3, 0.4) is 0 Å². The molecule has 12 aromatic rings. The third kappa shape index (κ3) is 4.92. The van der Waals surface area contributed by atoms with E-state index in [0.29, 0.717) is 0 Å². The Kier molecular flexibility index (Phi) is 6.93. The van der Waals surface area contributed by atoms with Gasteiger partial charge in [0.25, 0.3) is 0 Å². The van der Waals surface area contributed by atoms with E-state index in [1.807, 2.05) is 0 Å². The second kappa shape index (κ2) is 12.5. The molecule has 266 valence electrons. The maximum atomic E-state index is 6.74. The van der Waals surface area contributed by atoms with Crippen molar-refractivity contribution in [3.05, 3.63) is 206 Å². The normalized spacial score (nSPS) is 11.9. The van der Waals surface area contributed by atoms with Gasteiger partial charge in [-0.3, -0.25) is 0 Å². The minimum absolute atomic E-state index is 0.864. The summed E-state index contributed by atoms with van der Waals surface area (Å²) < 4.78 is 9.18. The molecule has 2 heterocycles. The lowest BCUT2D eigenvalue weighted by atomic mass is 10.0. The van der Waals surface area contributed by atoms with Gasteiger partial charge in [-0.05, 0) is 93.3 Å². The van der Waals surface area contributed by atoms with E-state index in [2.05, 4.69) is 216 Å². The summed E-state index contributed by atoms with van der Waals surface area (Å²) >= 11 is 0. The lowest BCUT2D eigenvalue weighted by Gasteiger charge is -2.27. The first-order valence-electron chi connectivity index (χ1n) is 19.5. The number of hydrogen-bond acceptors (Lipinski definition) is 2. The molecule has 12 rings (SSSR count). The number of rotatable bonds is 5. The largest absolute Gasteiger partial charge is 0.455 e. The Bertz CT molecular complexity index is 3520. The van der Waals surface area contributed by atoms with Crippen LogP contribution in [0.25, 0.3) is 92.9 Å². The Morgan fingerprint density at radius 2 is 1.02 bits per heavy atom. The lowest BCUT2D eigenvalue weighted by molar-refractivity contribution is 0.672. The summed E-state index contributed by atoms with van der Waals surface area (Å²) in [5, 5.41) is 11.9. The molecule has 0 fully saturated rings. The summed E-state index contributed by atoms with van der Waals surface area (Å²) in [6.07, 6.45) is 0. The fraction of sp³-hybridized carbons (Fsp3) is 0. The summed E-state index contributed by atoms with van der Waals surface area (Å²) in [4.78, 5) is 2.40. The van der Waals surface area contributed by atoms with Gasteiger partial charge in [-0.1, -0.05) is 146 Å². The molecule has 0 aliphatic carbocycles. The highest BCUT2D eigenvalue weighted by molar-refractivity contribution is 6.21. The topological polar surface area (TPSA) is 21.3 Å². The Morgan fingerprint density at radius 1 is 0.386 bits per heavy atom. The van der Waals surface area contributed by atoms with Gasteiger partial charge in [0.05, 0.1) is 22.1 Å². The Labute approximate surface area is 328 Å². The van der Waals surface area contributed by atoms with Crippen molar-refractivity contribution in [2.75, 3.05) is 4.90 Å². The fourth-order valence-electron chi connectivity index (χ4n) is 9.07. The Balaban J connectivity index is 1.12. The van der Waals surface area contributed by atoms with E-state index < -0.39 is 0 Å². The number of fused-ring (bicyclic) bond motifs is 11. The van der Waals surface area contributed by atoms with Gasteiger partial charge in [0, 0.05) is 44.0 Å². The van der Waals surface area contributed by atoms with Gasteiger partial charge in [0.15, 0.2) is 0 Å². The van der Waals surface area contributed by atoms with Crippen LogP contribution in [0.1, 0.15) is 0 Å². The Morgan fingerprint density at radius 3 is 1.84 bits per heavy atom. The van der Waals surface area contributed by atoms with E-state index in [0.717, 1.165) is 55.6 Å². The molecule has 10 aromatic carbocycles. The minimum Gasteiger partial charge on any atom is -0.455 e. The third-order valence-corrected chi connectivity index (χ3v) is 11.7. The molecule has 0 N–H and O–H groups in total. The van der Waals surface area contributed by atoms with Crippen molar-refractivity contribution < 1.29 is 4.42 Å². The molecule has 3 heteroatoms. The highest BCUT2D eigenvalue weighted by Gasteiger charge is 2.23. The van der Waals surface area contributed by atoms with Gasteiger partial charge in [-0.25, -0.2) is 0 Å². The average molecular weight is 727 g/mol. The van der Waals surface area contributed by atoms with Crippen LogP contribution >= 0.6 is 0 Å². The van der Waals surface area contributed by atoms with Gasteiger partial charge in [0.1, 0.15) is 11.2 Å². The summed E-state index contributed by atoms with van der Waals surface area (Å²) in [7, 11) is 0. The van der Waals surface area contributed by atoms with Crippen molar-refractivity contribution in [1.29, 1.82) is 0 Å². The van der Waals surface area contributed by atoms with Crippen molar-refractivity contribution in [2.45, 2.75) is 0 Å². The molecule has 0 bridgehead atoms. The highest BCUT2D eigenvalue weighted by Crippen LogP contribution is 2.46. The van der Waals surface area contributed by atoms with Gasteiger partial charge in [-0.15, -0.1) is 0 Å². The van der Waals surface area contributed by atoms with E-state index in [4.69, 9.17) is 4.42 Å². The molecule has 2 aromatic heterocycles. The van der Waals surface area contributed by atoms with E-state index in [9.17, 15) is 0 Å². The van der Waals surface area contributed by atoms with Crippen LogP contribution in [0.2, 0.25) is 0 Å². The molecule has 0 unspecified atom stereocenters. The van der Waals surface area contributed by atoms with Crippen molar-refractivity contribution in [1.82, 2.24) is 4.57 Å². The molecule has 0 amide bonds. The number of anilines is 3. The van der Waals surface area contributed by atoms with Crippen molar-refractivity contribution in [3.8, 4) is 16.8 Å². The minimum atomic E-state index is 0.864. The van der Waals surface area contributed by atoms with Crippen LogP contribution in [0.4, 0.5) is 17.1 Å². The zero-order valence-corrected chi connectivity index (χ0v) is 30.9. The SMILES string of the molecule is c1ccc(-n2c3cc(N(c4ccc(-c5ccc6ccccc6c5)cc4)c4cccc5oc6c7ccccc7ccc6c45)ccc3c3ccc4ccccc4c32)cc1. The third-order valence-electron chi connectivity index (χ3n) is 11.7. The van der Waals surface area contributed by atoms with Crippen LogP contribution in [0.5, 0.6) is 0 Å². The van der Waals surface area contributed by atoms with Crippen LogP contribution in [-0.4, -0.2) is 4.57 Å². The van der Waals surface area contributed by atoms with Crippen LogP contribution in [-0.2, 0) is 0 Å². The second-order valence-electron chi connectivity index (χ2n) is 14.9. The summed E-state index contributed by atoms with van der Waals surface area (Å²) in [6, 6.07) is 74.6. The smallest absolute Gasteiger partial charge is 0.143 e. The first-order valence-corrected chi connectivity index (χ1v) is 19.5. The van der Waals surface area contributed by atoms with E-state index in [-0.39, 0.29) is 0 Å². The van der Waals surface area contributed by atoms with Crippen molar-refractivity contribution in [2.24, 2.45) is 0 Å². The molecule has 0 aliphatic rings. The molecular weight excluding hydrogens is 693 g/mol. The number of nitrogens with zero attached hydrogens (tertiary/aromatic N) is 2. The predicted octanol–water partition coefficient (Wildman–Crippen LogP) is 15.3. The van der Waals surface area contributed by atoms with Crippen LogP contribution in [0, 0.1) is 0 Å². The number of furan rings is 1. The highest BCUT2D eigenvalue weighted by atomic mass is 16.3. The monoisotopic (exact) mass is 726 g/mol. The molecule has 0 radical (unpaired) electrons. The Hall–Kier alpha value is -7.62. The van der Waals surface area contributed by atoms with E-state index in [1.54, 1.807) is 0 Å². The van der Waals surface area contributed by atoms with Gasteiger partial charge in [-0.2, -0.15) is 0 Å². The molecule has 0 saturated heterocycles. The maximum absolute atomic E-state index is 6.74. The van der Waals surface area contributed by atoms with E-state index in [1.165, 1.54) is 54.3 Å². The molecular formula is C54H34N2O. The maximum Gasteiger partial charge on any atom is 0.143 e. The van der Waals surface area contributed by atoms with Crippen LogP contribution < -0.4 is 4.90 Å². The number of aromatic nitrogens is 1. The zero-order chi connectivity index (χ0) is 37.5. The quantitative estimate of drug-likeness (QED) is 0.176. The first kappa shape index (κ1) is 31.7. The van der Waals surface area contributed by atoms with Gasteiger partial charge >= 0.3 is 0 Å². The zero-order valence-electron chi connectivity index (χ0n) is 30.9. The molecule has 0 aliphatic heterocycles. The number of hydrogen-bond donors (Lipinski definition) is 0. The molecule has 57 heavy (non-hydrogen) atoms. The molecule has 0 atom stereocenters. The van der Waals surface area contributed by atoms with E-state index >= 15 is 0 Å². The predicted molar refractivity (Wildman–Crippen MR) is 241 cm³/mol. The number of benzene rings is 10.